The number of H-pyrrole nitrogens is 2. The molecule has 110 valence electrons. The number of nitrogens with zero attached hydrogens (tertiary/aromatic N) is 1. The monoisotopic (exact) mass is 289 g/mol. The Kier molecular flexibility index (Phi) is 4.32. The normalized spacial score (nSPS) is 10.4. The van der Waals surface area contributed by atoms with Crippen LogP contribution < -0.4 is 5.69 Å². The highest BCUT2D eigenvalue weighted by Crippen LogP contribution is 2.15. The minimum atomic E-state index is -0.620. The second-order valence-electron chi connectivity index (χ2n) is 4.26. The van der Waals surface area contributed by atoms with Crippen LogP contribution in [0.1, 0.15) is 46.0 Å². The molecule has 2 aromatic rings. The fourth-order valence-electron chi connectivity index (χ4n) is 1.98. The molecular weight excluding hydrogens is 274 g/mol. The van der Waals surface area contributed by atoms with E-state index >= 15 is 0 Å². The van der Waals surface area contributed by atoms with Gasteiger partial charge in [0.15, 0.2) is 0 Å². The number of rotatable bonds is 5. The van der Waals surface area contributed by atoms with E-state index in [2.05, 4.69) is 15.0 Å². The van der Waals surface area contributed by atoms with E-state index in [1.54, 1.807) is 6.92 Å². The summed E-state index contributed by atoms with van der Waals surface area (Å²) >= 11 is 0. The van der Waals surface area contributed by atoms with Gasteiger partial charge in [-0.1, -0.05) is 6.92 Å². The van der Waals surface area contributed by atoms with E-state index in [4.69, 9.17) is 4.74 Å². The number of esters is 1. The van der Waals surface area contributed by atoms with Crippen LogP contribution in [0.3, 0.4) is 0 Å². The fourth-order valence-corrected chi connectivity index (χ4v) is 1.98. The van der Waals surface area contributed by atoms with Crippen LogP contribution in [-0.2, 0) is 11.2 Å². The fraction of sp³-hybridized carbons (Fsp3) is 0.286. The molecule has 0 radical (unpaired) electrons. The lowest BCUT2D eigenvalue weighted by atomic mass is 10.0. The van der Waals surface area contributed by atoms with Gasteiger partial charge in [0.25, 0.3) is 0 Å². The van der Waals surface area contributed by atoms with Crippen LogP contribution >= 0.6 is 0 Å². The van der Waals surface area contributed by atoms with Crippen molar-refractivity contribution in [2.45, 2.75) is 20.3 Å². The molecule has 7 heteroatoms. The van der Waals surface area contributed by atoms with E-state index in [1.807, 2.05) is 6.92 Å². The molecule has 0 spiro atoms. The second kappa shape index (κ2) is 6.17. The first-order valence-corrected chi connectivity index (χ1v) is 6.55. The van der Waals surface area contributed by atoms with Crippen LogP contribution in [0.15, 0.2) is 23.3 Å². The maximum Gasteiger partial charge on any atom is 0.340 e. The molecule has 2 N–H and O–H groups in total. The predicted molar refractivity (Wildman–Crippen MR) is 74.4 cm³/mol. The van der Waals surface area contributed by atoms with E-state index in [0.29, 0.717) is 12.1 Å². The number of pyridine rings is 1. The van der Waals surface area contributed by atoms with Crippen LogP contribution in [0.2, 0.25) is 0 Å². The first kappa shape index (κ1) is 14.7. The number of ether oxygens (including phenoxy) is 1. The van der Waals surface area contributed by atoms with Crippen molar-refractivity contribution in [3.05, 3.63) is 51.5 Å². The van der Waals surface area contributed by atoms with Crippen molar-refractivity contribution in [3.63, 3.8) is 0 Å². The molecule has 0 saturated heterocycles. The van der Waals surface area contributed by atoms with Gasteiger partial charge in [0.05, 0.1) is 12.2 Å². The van der Waals surface area contributed by atoms with E-state index < -0.39 is 17.4 Å². The molecule has 0 aliphatic rings. The molecule has 0 aliphatic carbocycles. The third kappa shape index (κ3) is 2.91. The Hall–Kier alpha value is -2.70. The van der Waals surface area contributed by atoms with E-state index in [-0.39, 0.29) is 23.4 Å². The lowest BCUT2D eigenvalue weighted by molar-refractivity contribution is 0.0523. The van der Waals surface area contributed by atoms with Crippen LogP contribution in [0.25, 0.3) is 0 Å². The largest absolute Gasteiger partial charge is 0.462 e. The maximum atomic E-state index is 12.5. The lowest BCUT2D eigenvalue weighted by Crippen LogP contribution is -2.15. The Morgan fingerprint density at radius 3 is 2.67 bits per heavy atom. The zero-order chi connectivity index (χ0) is 15.4. The third-order valence-electron chi connectivity index (χ3n) is 2.95. The zero-order valence-electron chi connectivity index (χ0n) is 11.7. The summed E-state index contributed by atoms with van der Waals surface area (Å²) in [5, 5.41) is 0. The SMILES string of the molecule is CCOC(=O)c1cnccc1C(=O)c1[nH]c(=O)[nH]c1CC. The zero-order valence-corrected chi connectivity index (χ0v) is 11.7. The number of carbonyl (C=O) groups excluding carboxylic acids is 2. The smallest absolute Gasteiger partial charge is 0.340 e. The molecule has 0 amide bonds. The first-order valence-electron chi connectivity index (χ1n) is 6.55. The minimum absolute atomic E-state index is 0.0773. The Labute approximate surface area is 120 Å². The predicted octanol–water partition coefficient (Wildman–Crippen LogP) is 1.07. The Morgan fingerprint density at radius 1 is 1.24 bits per heavy atom. The minimum Gasteiger partial charge on any atom is -0.462 e. The number of nitrogens with one attached hydrogen (secondary N) is 2. The van der Waals surface area contributed by atoms with E-state index in [0.717, 1.165) is 0 Å². The van der Waals surface area contributed by atoms with Crippen LogP contribution in [0.4, 0.5) is 0 Å². The maximum absolute atomic E-state index is 12.5. The van der Waals surface area contributed by atoms with Gasteiger partial charge in [-0.3, -0.25) is 9.78 Å². The molecule has 0 unspecified atom stereocenters. The van der Waals surface area contributed by atoms with Gasteiger partial charge in [-0.05, 0) is 19.4 Å². The molecule has 2 aromatic heterocycles. The summed E-state index contributed by atoms with van der Waals surface area (Å²) in [7, 11) is 0. The van der Waals surface area contributed by atoms with Gasteiger partial charge in [0.1, 0.15) is 5.69 Å². The summed E-state index contributed by atoms with van der Waals surface area (Å²) in [6, 6.07) is 1.43. The van der Waals surface area contributed by atoms with Crippen molar-refractivity contribution in [2.24, 2.45) is 0 Å². The number of imidazole rings is 1. The van der Waals surface area contributed by atoms with Crippen molar-refractivity contribution < 1.29 is 14.3 Å². The molecule has 0 aromatic carbocycles. The first-order chi connectivity index (χ1) is 10.1. The van der Waals surface area contributed by atoms with Gasteiger partial charge in [-0.2, -0.15) is 0 Å². The van der Waals surface area contributed by atoms with Gasteiger partial charge in [-0.25, -0.2) is 9.59 Å². The summed E-state index contributed by atoms with van der Waals surface area (Å²) < 4.78 is 4.91. The molecule has 7 nitrogen and oxygen atoms in total. The molecule has 0 fully saturated rings. The summed E-state index contributed by atoms with van der Waals surface area (Å²) in [5.74, 6) is -1.07. The number of hydrogen-bond acceptors (Lipinski definition) is 5. The van der Waals surface area contributed by atoms with Crippen LogP contribution in [-0.4, -0.2) is 33.3 Å². The Balaban J connectivity index is 2.48. The van der Waals surface area contributed by atoms with Crippen LogP contribution in [0, 0.1) is 0 Å². The van der Waals surface area contributed by atoms with Crippen molar-refractivity contribution in [2.75, 3.05) is 6.61 Å². The molecule has 2 heterocycles. The molecule has 0 saturated carbocycles. The number of aryl methyl sites for hydroxylation is 1. The van der Waals surface area contributed by atoms with Crippen LogP contribution in [0.5, 0.6) is 0 Å². The van der Waals surface area contributed by atoms with Crippen molar-refractivity contribution in [1.29, 1.82) is 0 Å². The Bertz CT molecular complexity index is 730. The lowest BCUT2D eigenvalue weighted by Gasteiger charge is -2.07. The van der Waals surface area contributed by atoms with Gasteiger partial charge < -0.3 is 14.7 Å². The average molecular weight is 289 g/mol. The number of ketones is 1. The van der Waals surface area contributed by atoms with Gasteiger partial charge in [-0.15, -0.1) is 0 Å². The van der Waals surface area contributed by atoms with E-state index in [1.165, 1.54) is 18.5 Å². The molecule has 2 rings (SSSR count). The number of aromatic amines is 2. The molecule has 21 heavy (non-hydrogen) atoms. The van der Waals surface area contributed by atoms with E-state index in [9.17, 15) is 14.4 Å². The highest BCUT2D eigenvalue weighted by atomic mass is 16.5. The van der Waals surface area contributed by atoms with Crippen molar-refractivity contribution >= 4 is 11.8 Å². The Morgan fingerprint density at radius 2 is 2.00 bits per heavy atom. The summed E-state index contributed by atoms with van der Waals surface area (Å²) in [6.45, 7) is 3.69. The highest BCUT2D eigenvalue weighted by Gasteiger charge is 2.22. The van der Waals surface area contributed by atoms with Crippen molar-refractivity contribution in [3.8, 4) is 0 Å². The summed E-state index contributed by atoms with van der Waals surface area (Å²) in [4.78, 5) is 44.6. The van der Waals surface area contributed by atoms with Crippen molar-refractivity contribution in [1.82, 2.24) is 15.0 Å². The quantitative estimate of drug-likeness (QED) is 0.632. The molecule has 0 bridgehead atoms. The topological polar surface area (TPSA) is 105 Å². The summed E-state index contributed by atoms with van der Waals surface area (Å²) in [5.41, 5.74) is 0.416. The van der Waals surface area contributed by atoms with Gasteiger partial charge >= 0.3 is 11.7 Å². The molecular formula is C14H15N3O4. The van der Waals surface area contributed by atoms with Gasteiger partial charge in [0.2, 0.25) is 5.78 Å². The number of hydrogen-bond donors (Lipinski definition) is 2. The average Bonchev–Trinajstić information content (AvgIpc) is 2.88. The molecule has 0 aliphatic heterocycles. The third-order valence-corrected chi connectivity index (χ3v) is 2.95. The highest BCUT2D eigenvalue weighted by molar-refractivity contribution is 6.13. The molecule has 0 atom stereocenters. The standard InChI is InChI=1S/C14H15N3O4/c1-3-10-11(17-14(20)16-10)12(18)8-5-6-15-7-9(8)13(19)21-4-2/h5-7H,3-4H2,1-2H3,(H2,16,17,20). The summed E-state index contributed by atoms with van der Waals surface area (Å²) in [6.07, 6.45) is 3.17. The number of carbonyl (C=O) groups is 2. The second-order valence-corrected chi connectivity index (χ2v) is 4.26. The number of aromatic nitrogens is 3. The van der Waals surface area contributed by atoms with Gasteiger partial charge in [0, 0.05) is 23.7 Å².